The Bertz CT molecular complexity index is 311. The van der Waals surface area contributed by atoms with E-state index in [1.54, 1.807) is 32.7 Å². The molecule has 1 fully saturated rings. The van der Waals surface area contributed by atoms with Crippen LogP contribution in [0, 0.1) is 5.92 Å². The summed E-state index contributed by atoms with van der Waals surface area (Å²) < 4.78 is 17.9. The number of likely N-dealkylation sites (N-methyl/N-ethyl adjacent to an activating group) is 1. The molecule has 1 heterocycles. The van der Waals surface area contributed by atoms with Crippen molar-refractivity contribution in [2.45, 2.75) is 38.8 Å². The number of hydrogen-bond acceptors (Lipinski definition) is 4. The zero-order valence-electron chi connectivity index (χ0n) is 10.8. The molecular formula is C12H20FNO3. The lowest BCUT2D eigenvalue weighted by atomic mass is 9.90. The summed E-state index contributed by atoms with van der Waals surface area (Å²) in [6.45, 7) is 4.80. The first-order chi connectivity index (χ1) is 7.74. The van der Waals surface area contributed by atoms with E-state index in [4.69, 9.17) is 4.74 Å². The van der Waals surface area contributed by atoms with Crippen molar-refractivity contribution in [3.8, 4) is 0 Å². The molecule has 0 aromatic rings. The van der Waals surface area contributed by atoms with Gasteiger partial charge in [0, 0.05) is 6.04 Å². The highest BCUT2D eigenvalue weighted by Crippen LogP contribution is 2.23. The predicted molar refractivity (Wildman–Crippen MR) is 61.4 cm³/mol. The zero-order valence-corrected chi connectivity index (χ0v) is 10.8. The lowest BCUT2D eigenvalue weighted by Crippen LogP contribution is -2.49. The molecule has 1 aliphatic heterocycles. The van der Waals surface area contributed by atoms with E-state index in [-0.39, 0.29) is 24.8 Å². The van der Waals surface area contributed by atoms with Gasteiger partial charge in [0.25, 0.3) is 0 Å². The van der Waals surface area contributed by atoms with E-state index in [0.29, 0.717) is 0 Å². The summed E-state index contributed by atoms with van der Waals surface area (Å²) >= 11 is 0. The molecule has 0 amide bonds. The van der Waals surface area contributed by atoms with E-state index < -0.39 is 24.2 Å². The topological polar surface area (TPSA) is 46.6 Å². The third-order valence-electron chi connectivity index (χ3n) is 2.79. The molecule has 4 nitrogen and oxygen atoms in total. The number of likely N-dealkylation sites (tertiary alicyclic amines) is 1. The van der Waals surface area contributed by atoms with E-state index in [2.05, 4.69) is 0 Å². The molecule has 1 saturated heterocycles. The van der Waals surface area contributed by atoms with Crippen LogP contribution in [0.5, 0.6) is 0 Å². The lowest BCUT2D eigenvalue weighted by Gasteiger charge is -2.34. The maximum absolute atomic E-state index is 12.7. The third-order valence-corrected chi connectivity index (χ3v) is 2.79. The number of ether oxygens (including phenoxy) is 1. The fourth-order valence-electron chi connectivity index (χ4n) is 1.85. The summed E-state index contributed by atoms with van der Waals surface area (Å²) in [6, 6.07) is -0.370. The van der Waals surface area contributed by atoms with Gasteiger partial charge in [-0.15, -0.1) is 0 Å². The van der Waals surface area contributed by atoms with E-state index >= 15 is 0 Å². The van der Waals surface area contributed by atoms with E-state index in [1.165, 1.54) is 0 Å². The Morgan fingerprint density at radius 1 is 1.53 bits per heavy atom. The summed E-state index contributed by atoms with van der Waals surface area (Å²) in [5.41, 5.74) is -0.619. The van der Waals surface area contributed by atoms with Crippen LogP contribution < -0.4 is 0 Å². The first kappa shape index (κ1) is 14.1. The van der Waals surface area contributed by atoms with Gasteiger partial charge >= 0.3 is 5.97 Å². The number of alkyl halides is 1. The first-order valence-corrected chi connectivity index (χ1v) is 5.76. The monoisotopic (exact) mass is 245 g/mol. The molecule has 1 unspecified atom stereocenters. The second-order valence-corrected chi connectivity index (χ2v) is 5.51. The molecule has 17 heavy (non-hydrogen) atoms. The number of Topliss-reactive ketones (excluding diaryl/α,β-unsaturated/α-hetero) is 1. The fraction of sp³-hybridized carbons (Fsp3) is 0.833. The molecule has 98 valence electrons. The van der Waals surface area contributed by atoms with Gasteiger partial charge in [0.15, 0.2) is 5.78 Å². The van der Waals surface area contributed by atoms with Gasteiger partial charge in [-0.25, -0.2) is 4.39 Å². The summed E-state index contributed by atoms with van der Waals surface area (Å²) in [6.07, 6.45) is 0.209. The van der Waals surface area contributed by atoms with Crippen LogP contribution in [-0.4, -0.2) is 48.6 Å². The van der Waals surface area contributed by atoms with Crippen molar-refractivity contribution in [3.63, 3.8) is 0 Å². The van der Waals surface area contributed by atoms with Crippen molar-refractivity contribution < 1.29 is 18.7 Å². The van der Waals surface area contributed by atoms with Crippen LogP contribution in [0.15, 0.2) is 0 Å². The number of hydrogen-bond donors (Lipinski definition) is 0. The predicted octanol–water partition coefficient (Wildman–Crippen LogP) is 1.19. The fourth-order valence-corrected chi connectivity index (χ4v) is 1.85. The van der Waals surface area contributed by atoms with Crippen molar-refractivity contribution in [1.82, 2.24) is 4.90 Å². The van der Waals surface area contributed by atoms with Crippen LogP contribution in [-0.2, 0) is 14.3 Å². The average molecular weight is 245 g/mol. The first-order valence-electron chi connectivity index (χ1n) is 5.76. The number of rotatable bonds is 2. The molecule has 0 bridgehead atoms. The highest BCUT2D eigenvalue weighted by molar-refractivity contribution is 6.00. The molecule has 0 aliphatic carbocycles. The smallest absolute Gasteiger partial charge is 0.317 e. The summed E-state index contributed by atoms with van der Waals surface area (Å²) in [4.78, 5) is 25.2. The maximum Gasteiger partial charge on any atom is 0.317 e. The van der Waals surface area contributed by atoms with Gasteiger partial charge in [-0.05, 0) is 34.2 Å². The van der Waals surface area contributed by atoms with Crippen molar-refractivity contribution in [3.05, 3.63) is 0 Å². The standard InChI is InChI=1S/C12H20FNO3/c1-12(2,3)17-11(16)9-5-8(6-13)14(4)7-10(9)15/h8-9H,5-7H2,1-4H3/t8-,9?/m0/s1. The summed E-state index contributed by atoms with van der Waals surface area (Å²) in [7, 11) is 1.69. The number of halogens is 1. The molecule has 0 N–H and O–H groups in total. The van der Waals surface area contributed by atoms with Crippen LogP contribution in [0.25, 0.3) is 0 Å². The summed E-state index contributed by atoms with van der Waals surface area (Å²) in [5, 5.41) is 0. The van der Waals surface area contributed by atoms with Gasteiger partial charge in [-0.2, -0.15) is 0 Å². The van der Waals surface area contributed by atoms with Crippen molar-refractivity contribution >= 4 is 11.8 Å². The molecule has 2 atom stereocenters. The van der Waals surface area contributed by atoms with Crippen LogP contribution in [0.2, 0.25) is 0 Å². The third kappa shape index (κ3) is 3.77. The van der Waals surface area contributed by atoms with Crippen molar-refractivity contribution in [2.24, 2.45) is 5.92 Å². The number of carbonyl (C=O) groups is 2. The normalized spacial score (nSPS) is 27.0. The summed E-state index contributed by atoms with van der Waals surface area (Å²) in [5.74, 6) is -1.54. The maximum atomic E-state index is 12.7. The van der Waals surface area contributed by atoms with Gasteiger partial charge < -0.3 is 4.74 Å². The number of esters is 1. The molecule has 0 radical (unpaired) electrons. The molecule has 0 saturated carbocycles. The molecule has 0 aromatic carbocycles. The average Bonchev–Trinajstić information content (AvgIpc) is 2.14. The Kier molecular flexibility index (Phi) is 4.25. The second-order valence-electron chi connectivity index (χ2n) is 5.51. The van der Waals surface area contributed by atoms with Gasteiger partial charge in [0.2, 0.25) is 0 Å². The minimum Gasteiger partial charge on any atom is -0.459 e. The quantitative estimate of drug-likeness (QED) is 0.541. The van der Waals surface area contributed by atoms with Crippen molar-refractivity contribution in [2.75, 3.05) is 20.3 Å². The number of ketones is 1. The molecule has 0 aromatic heterocycles. The Morgan fingerprint density at radius 3 is 2.59 bits per heavy atom. The van der Waals surface area contributed by atoms with Gasteiger partial charge in [0.1, 0.15) is 18.2 Å². The Labute approximate surface area is 101 Å². The molecular weight excluding hydrogens is 225 g/mol. The SMILES string of the molecule is CN1CC(=O)C(C(=O)OC(C)(C)C)C[C@H]1CF. The van der Waals surface area contributed by atoms with E-state index in [9.17, 15) is 14.0 Å². The van der Waals surface area contributed by atoms with E-state index in [1.807, 2.05) is 0 Å². The van der Waals surface area contributed by atoms with Crippen molar-refractivity contribution in [1.29, 1.82) is 0 Å². The number of nitrogens with zero attached hydrogens (tertiary/aromatic N) is 1. The van der Waals surface area contributed by atoms with Gasteiger partial charge in [-0.3, -0.25) is 14.5 Å². The molecule has 0 spiro atoms. The second kappa shape index (κ2) is 5.12. The Morgan fingerprint density at radius 2 is 2.12 bits per heavy atom. The number of piperidine rings is 1. The molecule has 1 rings (SSSR count). The van der Waals surface area contributed by atoms with Gasteiger partial charge in [-0.1, -0.05) is 0 Å². The minimum absolute atomic E-state index is 0.110. The van der Waals surface area contributed by atoms with E-state index in [0.717, 1.165) is 0 Å². The minimum atomic E-state index is -0.814. The largest absolute Gasteiger partial charge is 0.459 e. The number of carbonyl (C=O) groups excluding carboxylic acids is 2. The Balaban J connectivity index is 2.70. The lowest BCUT2D eigenvalue weighted by molar-refractivity contribution is -0.164. The highest BCUT2D eigenvalue weighted by Gasteiger charge is 2.38. The molecule has 1 aliphatic rings. The van der Waals surface area contributed by atoms with Crippen LogP contribution in [0.4, 0.5) is 4.39 Å². The van der Waals surface area contributed by atoms with Gasteiger partial charge in [0.05, 0.1) is 6.54 Å². The van der Waals surface area contributed by atoms with Crippen LogP contribution in [0.3, 0.4) is 0 Å². The zero-order chi connectivity index (χ0) is 13.2. The molecule has 5 heteroatoms. The Hall–Kier alpha value is -0.970. The van der Waals surface area contributed by atoms with Crippen LogP contribution in [0.1, 0.15) is 27.2 Å². The highest BCUT2D eigenvalue weighted by atomic mass is 19.1. The van der Waals surface area contributed by atoms with Crippen LogP contribution >= 0.6 is 0 Å².